The fourth-order valence-corrected chi connectivity index (χ4v) is 1.13. The molecule has 0 bridgehead atoms. The number of rotatable bonds is 1. The van der Waals surface area contributed by atoms with Crippen molar-refractivity contribution in [3.05, 3.63) is 0 Å². The maximum atomic E-state index is 11.7. The van der Waals surface area contributed by atoms with Crippen LogP contribution in [0, 0.1) is 0 Å². The van der Waals surface area contributed by atoms with Crippen LogP contribution in [0.2, 0.25) is 0 Å². The van der Waals surface area contributed by atoms with E-state index >= 15 is 0 Å². The van der Waals surface area contributed by atoms with Gasteiger partial charge in [-0.3, -0.25) is 0 Å². The Morgan fingerprint density at radius 2 is 1.69 bits per heavy atom. The van der Waals surface area contributed by atoms with Gasteiger partial charge in [-0.1, -0.05) is 6.42 Å². The van der Waals surface area contributed by atoms with E-state index in [1.165, 1.54) is 0 Å². The van der Waals surface area contributed by atoms with Gasteiger partial charge < -0.3 is 4.84 Å². The largest absolute Gasteiger partial charge is 0.492 e. The predicted molar refractivity (Wildman–Crippen MR) is 37.6 cm³/mol. The summed E-state index contributed by atoms with van der Waals surface area (Å²) in [7, 11) is 0. The summed E-state index contributed by atoms with van der Waals surface area (Å²) >= 11 is 0. The molecule has 0 saturated carbocycles. The van der Waals surface area contributed by atoms with Crippen molar-refractivity contribution in [3.8, 4) is 0 Å². The third kappa shape index (κ3) is 3.22. The number of hydroxylamine groups is 2. The molecule has 76 valence electrons. The van der Waals surface area contributed by atoms with Gasteiger partial charge in [-0.05, 0) is 12.8 Å². The second-order valence-electron chi connectivity index (χ2n) is 2.87. The van der Waals surface area contributed by atoms with E-state index in [4.69, 9.17) is 0 Å². The number of piperidine rings is 1. The SMILES string of the molecule is O=C(ON1CCCCC1)C(F)(F)F. The van der Waals surface area contributed by atoms with Crippen LogP contribution in [0.15, 0.2) is 0 Å². The molecule has 0 N–H and O–H groups in total. The molecule has 1 heterocycles. The fourth-order valence-electron chi connectivity index (χ4n) is 1.13. The number of hydrogen-bond donors (Lipinski definition) is 0. The number of nitrogens with zero attached hydrogens (tertiary/aromatic N) is 1. The Balaban J connectivity index is 2.35. The van der Waals surface area contributed by atoms with Crippen molar-refractivity contribution in [2.24, 2.45) is 0 Å². The highest BCUT2D eigenvalue weighted by Gasteiger charge is 2.42. The lowest BCUT2D eigenvalue weighted by molar-refractivity contribution is -0.240. The second kappa shape index (κ2) is 3.95. The summed E-state index contributed by atoms with van der Waals surface area (Å²) in [6, 6.07) is 0. The Bertz CT molecular complexity index is 187. The first-order valence-electron chi connectivity index (χ1n) is 4.04. The van der Waals surface area contributed by atoms with Crippen molar-refractivity contribution in [2.75, 3.05) is 13.1 Å². The van der Waals surface area contributed by atoms with Gasteiger partial charge in [0, 0.05) is 13.1 Å². The summed E-state index contributed by atoms with van der Waals surface area (Å²) in [6.07, 6.45) is -2.38. The Labute approximate surface area is 73.4 Å². The number of alkyl halides is 3. The van der Waals surface area contributed by atoms with E-state index in [-0.39, 0.29) is 0 Å². The summed E-state index contributed by atoms with van der Waals surface area (Å²) in [5.74, 6) is -2.13. The van der Waals surface area contributed by atoms with Crippen LogP contribution >= 0.6 is 0 Å². The lowest BCUT2D eigenvalue weighted by Gasteiger charge is -2.24. The zero-order valence-electron chi connectivity index (χ0n) is 6.93. The molecule has 1 fully saturated rings. The van der Waals surface area contributed by atoms with Gasteiger partial charge in [0.2, 0.25) is 0 Å². The van der Waals surface area contributed by atoms with E-state index < -0.39 is 12.1 Å². The molecule has 1 aliphatic heterocycles. The predicted octanol–water partition coefficient (Wildman–Crippen LogP) is 1.49. The van der Waals surface area contributed by atoms with Gasteiger partial charge in [0.05, 0.1) is 0 Å². The molecule has 0 aromatic rings. The molecule has 6 heteroatoms. The molecule has 0 aromatic carbocycles. The van der Waals surface area contributed by atoms with Crippen molar-refractivity contribution >= 4 is 5.97 Å². The Kier molecular flexibility index (Phi) is 3.13. The van der Waals surface area contributed by atoms with Crippen LogP contribution in [0.1, 0.15) is 19.3 Å². The van der Waals surface area contributed by atoms with E-state index in [0.29, 0.717) is 13.1 Å². The molecule has 1 aliphatic rings. The summed E-state index contributed by atoms with van der Waals surface area (Å²) in [4.78, 5) is 14.5. The van der Waals surface area contributed by atoms with Gasteiger partial charge in [0.25, 0.3) is 0 Å². The highest BCUT2D eigenvalue weighted by molar-refractivity contribution is 5.75. The van der Waals surface area contributed by atoms with Gasteiger partial charge in [-0.25, -0.2) is 4.79 Å². The average molecular weight is 197 g/mol. The fraction of sp³-hybridized carbons (Fsp3) is 0.857. The maximum Gasteiger partial charge on any atom is 0.492 e. The lowest BCUT2D eigenvalue weighted by Crippen LogP contribution is -2.37. The minimum Gasteiger partial charge on any atom is -0.361 e. The van der Waals surface area contributed by atoms with Crippen LogP contribution in [-0.4, -0.2) is 30.3 Å². The number of carbonyl (C=O) groups is 1. The molecule has 1 saturated heterocycles. The van der Waals surface area contributed by atoms with Gasteiger partial charge in [-0.2, -0.15) is 13.2 Å². The van der Waals surface area contributed by atoms with Crippen LogP contribution in [0.4, 0.5) is 13.2 Å². The molecular formula is C7H10F3NO2. The van der Waals surface area contributed by atoms with Crippen molar-refractivity contribution in [1.82, 2.24) is 5.06 Å². The van der Waals surface area contributed by atoms with Crippen molar-refractivity contribution < 1.29 is 22.8 Å². The second-order valence-corrected chi connectivity index (χ2v) is 2.87. The number of hydrogen-bond acceptors (Lipinski definition) is 3. The molecule has 0 atom stereocenters. The molecule has 0 aliphatic carbocycles. The lowest BCUT2D eigenvalue weighted by atomic mass is 10.2. The Morgan fingerprint density at radius 1 is 1.15 bits per heavy atom. The molecule has 3 nitrogen and oxygen atoms in total. The van der Waals surface area contributed by atoms with Crippen molar-refractivity contribution in [1.29, 1.82) is 0 Å². The standard InChI is InChI=1S/C7H10F3NO2/c8-7(9,10)6(12)13-11-4-2-1-3-5-11/h1-5H2. The molecular weight excluding hydrogens is 187 g/mol. The molecule has 0 aromatic heterocycles. The van der Waals surface area contributed by atoms with Crippen LogP contribution in [0.25, 0.3) is 0 Å². The molecule has 13 heavy (non-hydrogen) atoms. The minimum absolute atomic E-state index is 0.391. The van der Waals surface area contributed by atoms with E-state index in [1.807, 2.05) is 0 Å². The molecule has 0 spiro atoms. The summed E-state index contributed by atoms with van der Waals surface area (Å²) in [5.41, 5.74) is 0. The Hall–Kier alpha value is -0.780. The highest BCUT2D eigenvalue weighted by Crippen LogP contribution is 2.18. The quantitative estimate of drug-likeness (QED) is 0.637. The minimum atomic E-state index is -4.89. The van der Waals surface area contributed by atoms with Crippen LogP contribution < -0.4 is 0 Å². The maximum absolute atomic E-state index is 11.7. The van der Waals surface area contributed by atoms with Crippen molar-refractivity contribution in [2.45, 2.75) is 25.4 Å². The van der Waals surface area contributed by atoms with Crippen molar-refractivity contribution in [3.63, 3.8) is 0 Å². The topological polar surface area (TPSA) is 29.5 Å². The summed E-state index contributed by atoms with van der Waals surface area (Å²) in [5, 5.41) is 1.07. The molecule has 0 amide bonds. The zero-order valence-corrected chi connectivity index (χ0v) is 6.93. The monoisotopic (exact) mass is 197 g/mol. The third-order valence-electron chi connectivity index (χ3n) is 1.76. The Morgan fingerprint density at radius 3 is 2.15 bits per heavy atom. The molecule has 0 unspecified atom stereocenters. The van der Waals surface area contributed by atoms with Gasteiger partial charge in [-0.15, -0.1) is 5.06 Å². The number of carbonyl (C=O) groups excluding carboxylic acids is 1. The normalized spacial score (nSPS) is 19.9. The third-order valence-corrected chi connectivity index (χ3v) is 1.76. The van der Waals surface area contributed by atoms with Gasteiger partial charge >= 0.3 is 12.1 Å². The average Bonchev–Trinajstić information content (AvgIpc) is 2.04. The van der Waals surface area contributed by atoms with Gasteiger partial charge in [0.15, 0.2) is 0 Å². The summed E-state index contributed by atoms with van der Waals surface area (Å²) in [6.45, 7) is 0.781. The first kappa shape index (κ1) is 10.3. The first-order chi connectivity index (χ1) is 6.00. The van der Waals surface area contributed by atoms with E-state index in [2.05, 4.69) is 4.84 Å². The van der Waals surface area contributed by atoms with Crippen LogP contribution in [-0.2, 0) is 9.63 Å². The highest BCUT2D eigenvalue weighted by atomic mass is 19.4. The van der Waals surface area contributed by atoms with E-state index in [1.54, 1.807) is 0 Å². The first-order valence-corrected chi connectivity index (χ1v) is 4.04. The van der Waals surface area contributed by atoms with E-state index in [0.717, 1.165) is 24.3 Å². The molecule has 1 rings (SSSR count). The smallest absolute Gasteiger partial charge is 0.361 e. The number of halogens is 3. The van der Waals surface area contributed by atoms with E-state index in [9.17, 15) is 18.0 Å². The zero-order chi connectivity index (χ0) is 9.90. The van der Waals surface area contributed by atoms with Gasteiger partial charge in [0.1, 0.15) is 0 Å². The van der Waals surface area contributed by atoms with Crippen LogP contribution in [0.3, 0.4) is 0 Å². The summed E-state index contributed by atoms with van der Waals surface area (Å²) < 4.78 is 35.1. The van der Waals surface area contributed by atoms with Crippen LogP contribution in [0.5, 0.6) is 0 Å². The molecule has 0 radical (unpaired) electrons.